The highest BCUT2D eigenvalue weighted by molar-refractivity contribution is 7.89. The molecule has 0 saturated heterocycles. The molecule has 51 heavy (non-hydrogen) atoms. The molecule has 0 spiro atoms. The number of hydrogen-bond acceptors (Lipinski definition) is 7. The van der Waals surface area contributed by atoms with Crippen molar-refractivity contribution in [3.05, 3.63) is 40.8 Å². The molecule has 0 fully saturated rings. The Bertz CT molecular complexity index is 1710. The normalized spacial score (nSPS) is 13.4. The third-order valence-corrected chi connectivity index (χ3v) is 11.4. The predicted octanol–water partition coefficient (Wildman–Crippen LogP) is 7.43. The molecular formula is C37H60ClN7O5S. The van der Waals surface area contributed by atoms with Crippen LogP contribution in [0.15, 0.2) is 24.3 Å². The molecule has 2 heterocycles. The smallest absolute Gasteiger partial charge is 0.261 e. The Hall–Kier alpha value is -3.16. The van der Waals surface area contributed by atoms with Gasteiger partial charge in [-0.1, -0.05) is 123 Å². The third-order valence-electron chi connectivity index (χ3n) is 9.66. The van der Waals surface area contributed by atoms with Crippen molar-refractivity contribution in [1.29, 1.82) is 0 Å². The largest absolute Gasteiger partial charge is 0.479 e. The number of para-hydroxylation sites is 2. The molecule has 2 aromatic heterocycles. The van der Waals surface area contributed by atoms with Gasteiger partial charge in [0, 0.05) is 16.4 Å². The summed E-state index contributed by atoms with van der Waals surface area (Å²) >= 11 is 6.66. The second kappa shape index (κ2) is 18.1. The lowest BCUT2D eigenvalue weighted by Gasteiger charge is -2.41. The van der Waals surface area contributed by atoms with E-state index in [1.807, 2.05) is 27.7 Å². The fourth-order valence-corrected chi connectivity index (χ4v) is 7.22. The monoisotopic (exact) mass is 749 g/mol. The number of fused-ring (bicyclic) bond motifs is 1. The molecule has 0 radical (unpaired) electrons. The first-order valence-corrected chi connectivity index (χ1v) is 20.3. The first-order valence-electron chi connectivity index (χ1n) is 18.3. The average Bonchev–Trinajstić information content (AvgIpc) is 3.62. The fourth-order valence-electron chi connectivity index (χ4n) is 5.69. The highest BCUT2D eigenvalue weighted by Gasteiger charge is 2.44. The van der Waals surface area contributed by atoms with Crippen molar-refractivity contribution >= 4 is 44.8 Å². The number of aromatic amines is 1. The minimum absolute atomic E-state index is 0.0189. The molecule has 4 N–H and O–H groups in total. The SMILES string of the molecule is CCCCCCCCCCCCS(=O)(=O)NCC(=O)Nc1ccccc1OC(C)C(=O)NC(C)(C)C(C)(C)c1nnc2c(Cl)c(C(C)(C)C)[nH]n12. The van der Waals surface area contributed by atoms with Gasteiger partial charge in [0.2, 0.25) is 15.9 Å². The second-order valence-corrected chi connectivity index (χ2v) is 17.9. The molecule has 3 rings (SSSR count). The number of carbonyl (C=O) groups excluding carboxylic acids is 2. The number of nitrogens with zero attached hydrogens (tertiary/aromatic N) is 3. The summed E-state index contributed by atoms with van der Waals surface area (Å²) in [6.07, 6.45) is 10.1. The molecule has 1 unspecified atom stereocenters. The summed E-state index contributed by atoms with van der Waals surface area (Å²) < 4.78 is 35.2. The van der Waals surface area contributed by atoms with Crippen LogP contribution in [0.4, 0.5) is 5.69 Å². The van der Waals surface area contributed by atoms with Crippen molar-refractivity contribution in [1.82, 2.24) is 29.9 Å². The van der Waals surface area contributed by atoms with Crippen LogP contribution in [0.2, 0.25) is 5.02 Å². The Balaban J connectivity index is 1.53. The van der Waals surface area contributed by atoms with Crippen LogP contribution >= 0.6 is 11.6 Å². The van der Waals surface area contributed by atoms with Crippen molar-refractivity contribution in [3.63, 3.8) is 0 Å². The zero-order chi connectivity index (χ0) is 38.0. The molecule has 0 saturated carbocycles. The Morgan fingerprint density at radius 2 is 1.51 bits per heavy atom. The summed E-state index contributed by atoms with van der Waals surface area (Å²) in [5.41, 5.74) is -0.126. The van der Waals surface area contributed by atoms with Crippen LogP contribution in [-0.2, 0) is 30.4 Å². The maximum Gasteiger partial charge on any atom is 0.261 e. The van der Waals surface area contributed by atoms with Gasteiger partial charge in [-0.05, 0) is 39.3 Å². The molecular weight excluding hydrogens is 690 g/mol. The van der Waals surface area contributed by atoms with Crippen molar-refractivity contribution in [3.8, 4) is 5.75 Å². The molecule has 286 valence electrons. The van der Waals surface area contributed by atoms with Gasteiger partial charge in [-0.3, -0.25) is 14.7 Å². The summed E-state index contributed by atoms with van der Waals surface area (Å²) in [6.45, 7) is 17.3. The van der Waals surface area contributed by atoms with Gasteiger partial charge >= 0.3 is 0 Å². The van der Waals surface area contributed by atoms with Gasteiger partial charge in [0.15, 0.2) is 17.6 Å². The van der Waals surface area contributed by atoms with E-state index in [1.54, 1.807) is 35.7 Å². The summed E-state index contributed by atoms with van der Waals surface area (Å²) in [5, 5.41) is 18.4. The zero-order valence-electron chi connectivity index (χ0n) is 32.0. The Kier molecular flexibility index (Phi) is 15.0. The average molecular weight is 750 g/mol. The highest BCUT2D eigenvalue weighted by Crippen LogP contribution is 2.37. The van der Waals surface area contributed by atoms with Gasteiger partial charge in [-0.25, -0.2) is 17.7 Å². The molecule has 0 aliphatic carbocycles. The topological polar surface area (TPSA) is 160 Å². The molecule has 14 heteroatoms. The number of aromatic nitrogens is 4. The van der Waals surface area contributed by atoms with E-state index in [4.69, 9.17) is 16.3 Å². The minimum atomic E-state index is -3.60. The van der Waals surface area contributed by atoms with Gasteiger partial charge in [0.1, 0.15) is 10.8 Å². The van der Waals surface area contributed by atoms with E-state index in [9.17, 15) is 18.0 Å². The number of hydrogen-bond donors (Lipinski definition) is 4. The van der Waals surface area contributed by atoms with Crippen LogP contribution in [0, 0.1) is 0 Å². The summed E-state index contributed by atoms with van der Waals surface area (Å²) in [5.74, 6) is -0.0739. The number of halogens is 1. The van der Waals surface area contributed by atoms with Crippen LogP contribution in [0.1, 0.15) is 138 Å². The van der Waals surface area contributed by atoms with Gasteiger partial charge in [-0.2, -0.15) is 0 Å². The lowest BCUT2D eigenvalue weighted by atomic mass is 9.73. The highest BCUT2D eigenvalue weighted by atomic mass is 35.5. The molecule has 1 atom stereocenters. The lowest BCUT2D eigenvalue weighted by Crippen LogP contribution is -2.58. The summed E-state index contributed by atoms with van der Waals surface area (Å²) in [7, 11) is -3.60. The molecule has 0 aliphatic heterocycles. The quantitative estimate of drug-likeness (QED) is 0.0825. The maximum atomic E-state index is 13.5. The van der Waals surface area contributed by atoms with Crippen LogP contribution < -0.4 is 20.1 Å². The molecule has 0 bridgehead atoms. The van der Waals surface area contributed by atoms with E-state index in [1.165, 1.54) is 38.5 Å². The number of nitrogens with one attached hydrogen (secondary N) is 4. The minimum Gasteiger partial charge on any atom is -0.479 e. The number of anilines is 1. The van der Waals surface area contributed by atoms with Crippen molar-refractivity contribution in [2.75, 3.05) is 17.6 Å². The molecule has 3 aromatic rings. The van der Waals surface area contributed by atoms with Crippen LogP contribution in [0.5, 0.6) is 5.75 Å². The van der Waals surface area contributed by atoms with Gasteiger partial charge in [0.05, 0.1) is 23.7 Å². The number of H-pyrrole nitrogens is 1. The number of ether oxygens (including phenoxy) is 1. The van der Waals surface area contributed by atoms with E-state index in [2.05, 4.69) is 58.3 Å². The van der Waals surface area contributed by atoms with Gasteiger partial charge in [0.25, 0.3) is 5.91 Å². The van der Waals surface area contributed by atoms with Crippen LogP contribution in [0.3, 0.4) is 0 Å². The first-order chi connectivity index (χ1) is 23.8. The lowest BCUT2D eigenvalue weighted by molar-refractivity contribution is -0.129. The van der Waals surface area contributed by atoms with Crippen molar-refractivity contribution in [2.24, 2.45) is 0 Å². The Morgan fingerprint density at radius 1 is 0.922 bits per heavy atom. The van der Waals surface area contributed by atoms with Gasteiger partial charge < -0.3 is 15.4 Å². The fraction of sp³-hybridized carbons (Fsp3) is 0.676. The van der Waals surface area contributed by atoms with Gasteiger partial charge in [-0.15, -0.1) is 10.2 Å². The number of benzene rings is 1. The summed E-state index contributed by atoms with van der Waals surface area (Å²) in [6, 6.07) is 6.71. The molecule has 12 nitrogen and oxygen atoms in total. The molecule has 0 aliphatic rings. The van der Waals surface area contributed by atoms with Crippen molar-refractivity contribution in [2.45, 2.75) is 149 Å². The van der Waals surface area contributed by atoms with E-state index in [-0.39, 0.29) is 22.8 Å². The maximum absolute atomic E-state index is 13.5. The summed E-state index contributed by atoms with van der Waals surface area (Å²) in [4.78, 5) is 26.3. The van der Waals surface area contributed by atoms with E-state index in [0.29, 0.717) is 28.6 Å². The standard InChI is InChI=1S/C37H60ClN7O5S/c1-10-11-12-13-14-15-16-17-18-21-24-51(48,49)39-25-29(46)40-27-22-19-20-23-28(27)50-26(2)33(47)41-37(8,9)36(6,7)34-43-42-32-30(38)31(35(3,4)5)44-45(32)34/h19-20,22-23,26,39,44H,10-18,21,24-25H2,1-9H3,(H,40,46)(H,41,47). The van der Waals surface area contributed by atoms with Crippen LogP contribution in [-0.4, -0.2) is 64.0 Å². The first kappa shape index (κ1) is 42.3. The van der Waals surface area contributed by atoms with E-state index in [0.717, 1.165) is 25.0 Å². The number of sulfonamides is 1. The molecule has 2 amide bonds. The number of rotatable bonds is 21. The number of amides is 2. The van der Waals surface area contributed by atoms with E-state index < -0.39 is 39.5 Å². The van der Waals surface area contributed by atoms with E-state index >= 15 is 0 Å². The Labute approximate surface area is 309 Å². The Morgan fingerprint density at radius 3 is 2.12 bits per heavy atom. The number of carbonyl (C=O) groups is 2. The number of unbranched alkanes of at least 4 members (excludes halogenated alkanes) is 9. The zero-order valence-corrected chi connectivity index (χ0v) is 33.6. The van der Waals surface area contributed by atoms with Crippen molar-refractivity contribution < 1.29 is 22.7 Å². The molecule has 1 aromatic carbocycles. The third kappa shape index (κ3) is 11.7. The second-order valence-electron chi connectivity index (χ2n) is 15.6. The predicted molar refractivity (Wildman–Crippen MR) is 205 cm³/mol. The van der Waals surface area contributed by atoms with Crippen LogP contribution in [0.25, 0.3) is 5.65 Å².